The first-order chi connectivity index (χ1) is 12.6. The molecule has 1 N–H and O–H groups in total. The summed E-state index contributed by atoms with van der Waals surface area (Å²) in [6.45, 7) is 5.50. The SMILES string of the molecule is CC([C@H]1CNCC[C@@H]1c1ccc(Cl)cc1)[S+]([O-])CC(=O)N1CCCCC1. The molecule has 1 aromatic carbocycles. The van der Waals surface area contributed by atoms with E-state index in [-0.39, 0.29) is 22.8 Å². The summed E-state index contributed by atoms with van der Waals surface area (Å²) in [6.07, 6.45) is 4.35. The van der Waals surface area contributed by atoms with E-state index in [2.05, 4.69) is 17.4 Å². The van der Waals surface area contributed by atoms with Gasteiger partial charge in [0.25, 0.3) is 5.91 Å². The van der Waals surface area contributed by atoms with E-state index in [1.807, 2.05) is 24.0 Å². The molecule has 4 nitrogen and oxygen atoms in total. The second-order valence-corrected chi connectivity index (χ2v) is 9.72. The second-order valence-electron chi connectivity index (χ2n) is 7.49. The van der Waals surface area contributed by atoms with Crippen LogP contribution in [-0.4, -0.2) is 52.5 Å². The Morgan fingerprint density at radius 2 is 2.00 bits per heavy atom. The number of likely N-dealkylation sites (tertiary alicyclic amines) is 1. The van der Waals surface area contributed by atoms with Crippen molar-refractivity contribution in [1.82, 2.24) is 10.2 Å². The fourth-order valence-electron chi connectivity index (χ4n) is 4.18. The van der Waals surface area contributed by atoms with Gasteiger partial charge in [-0.25, -0.2) is 0 Å². The van der Waals surface area contributed by atoms with Crippen LogP contribution >= 0.6 is 11.6 Å². The number of hydrogen-bond acceptors (Lipinski definition) is 3. The average Bonchev–Trinajstić information content (AvgIpc) is 2.68. The first kappa shape index (κ1) is 20.0. The highest BCUT2D eigenvalue weighted by molar-refractivity contribution is 7.92. The second kappa shape index (κ2) is 9.45. The lowest BCUT2D eigenvalue weighted by molar-refractivity contribution is -0.129. The molecule has 0 saturated carbocycles. The number of halogens is 1. The maximum absolute atomic E-state index is 12.9. The van der Waals surface area contributed by atoms with Crippen molar-refractivity contribution >= 4 is 28.7 Å². The van der Waals surface area contributed by atoms with Gasteiger partial charge >= 0.3 is 0 Å². The standard InChI is InChI=1S/C20H29ClN2O2S/c1-15(26(25)14-20(24)23-11-3-2-4-12-23)19-13-22-10-9-18(19)16-5-7-17(21)8-6-16/h5-8,15,18-19,22H,2-4,9-14H2,1H3/t15?,18-,19-,26?/m1/s1. The number of amides is 1. The highest BCUT2D eigenvalue weighted by Crippen LogP contribution is 2.35. The van der Waals surface area contributed by atoms with E-state index in [1.165, 1.54) is 12.0 Å². The molecule has 3 rings (SSSR count). The van der Waals surface area contributed by atoms with Crippen LogP contribution in [-0.2, 0) is 16.0 Å². The van der Waals surface area contributed by atoms with Crippen molar-refractivity contribution in [3.63, 3.8) is 0 Å². The smallest absolute Gasteiger partial charge is 0.272 e. The third-order valence-corrected chi connectivity index (χ3v) is 7.78. The average molecular weight is 397 g/mol. The van der Waals surface area contributed by atoms with Gasteiger partial charge in [-0.2, -0.15) is 0 Å². The lowest BCUT2D eigenvalue weighted by Crippen LogP contribution is -2.46. The highest BCUT2D eigenvalue weighted by Gasteiger charge is 2.37. The molecule has 2 saturated heterocycles. The van der Waals surface area contributed by atoms with Gasteiger partial charge in [0.05, 0.1) is 0 Å². The molecule has 0 aliphatic carbocycles. The predicted octanol–water partition coefficient (Wildman–Crippen LogP) is 3.18. The van der Waals surface area contributed by atoms with Gasteiger partial charge in [0, 0.05) is 30.6 Å². The number of nitrogens with zero attached hydrogens (tertiary/aromatic N) is 1. The van der Waals surface area contributed by atoms with Crippen molar-refractivity contribution in [3.8, 4) is 0 Å². The zero-order valence-corrected chi connectivity index (χ0v) is 17.0. The lowest BCUT2D eigenvalue weighted by atomic mass is 9.79. The Bertz CT molecular complexity index is 592. The molecule has 2 unspecified atom stereocenters. The molecular weight excluding hydrogens is 368 g/mol. The van der Waals surface area contributed by atoms with Crippen LogP contribution in [0.2, 0.25) is 5.02 Å². The largest absolute Gasteiger partial charge is 0.616 e. The number of carbonyl (C=O) groups is 1. The Balaban J connectivity index is 1.64. The highest BCUT2D eigenvalue weighted by atomic mass is 35.5. The molecule has 0 radical (unpaired) electrons. The molecule has 2 heterocycles. The lowest BCUT2D eigenvalue weighted by Gasteiger charge is -2.37. The number of rotatable bonds is 5. The third kappa shape index (κ3) is 4.94. The van der Waals surface area contributed by atoms with Crippen LogP contribution in [0.15, 0.2) is 24.3 Å². The summed E-state index contributed by atoms with van der Waals surface area (Å²) in [5, 5.41) is 4.16. The van der Waals surface area contributed by atoms with Crippen molar-refractivity contribution in [2.24, 2.45) is 5.92 Å². The van der Waals surface area contributed by atoms with E-state index >= 15 is 0 Å². The molecular formula is C20H29ClN2O2S. The zero-order chi connectivity index (χ0) is 18.5. The maximum Gasteiger partial charge on any atom is 0.272 e. The molecule has 2 aliphatic heterocycles. The van der Waals surface area contributed by atoms with Crippen molar-refractivity contribution in [2.45, 2.75) is 43.8 Å². The van der Waals surface area contributed by atoms with Gasteiger partial charge < -0.3 is 14.8 Å². The minimum Gasteiger partial charge on any atom is -0.616 e. The molecule has 2 fully saturated rings. The topological polar surface area (TPSA) is 55.4 Å². The fraction of sp³-hybridized carbons (Fsp3) is 0.650. The van der Waals surface area contributed by atoms with Crippen LogP contribution in [0, 0.1) is 5.92 Å². The zero-order valence-electron chi connectivity index (χ0n) is 15.5. The molecule has 6 heteroatoms. The summed E-state index contributed by atoms with van der Waals surface area (Å²) >= 11 is 4.88. The summed E-state index contributed by atoms with van der Waals surface area (Å²) < 4.78 is 12.9. The summed E-state index contributed by atoms with van der Waals surface area (Å²) in [4.78, 5) is 14.4. The van der Waals surface area contributed by atoms with Crippen LogP contribution in [0.5, 0.6) is 0 Å². The van der Waals surface area contributed by atoms with Crippen LogP contribution < -0.4 is 5.32 Å². The maximum atomic E-state index is 12.9. The van der Waals surface area contributed by atoms with Crippen LogP contribution in [0.4, 0.5) is 0 Å². The summed E-state index contributed by atoms with van der Waals surface area (Å²) in [5.41, 5.74) is 1.26. The van der Waals surface area contributed by atoms with E-state index in [0.29, 0.717) is 5.92 Å². The molecule has 1 amide bonds. The first-order valence-electron chi connectivity index (χ1n) is 9.67. The quantitative estimate of drug-likeness (QED) is 0.777. The van der Waals surface area contributed by atoms with Gasteiger partial charge in [0.2, 0.25) is 0 Å². The number of piperidine rings is 2. The van der Waals surface area contributed by atoms with Gasteiger partial charge in [-0.1, -0.05) is 23.7 Å². The summed E-state index contributed by atoms with van der Waals surface area (Å²) in [6, 6.07) is 8.02. The van der Waals surface area contributed by atoms with Gasteiger partial charge in [0.1, 0.15) is 5.25 Å². The molecule has 0 aromatic heterocycles. The van der Waals surface area contributed by atoms with Crippen molar-refractivity contribution in [3.05, 3.63) is 34.9 Å². The van der Waals surface area contributed by atoms with Crippen LogP contribution in [0.1, 0.15) is 44.1 Å². The molecule has 0 bridgehead atoms. The number of hydrogen-bond donors (Lipinski definition) is 1. The van der Waals surface area contributed by atoms with E-state index < -0.39 is 11.2 Å². The van der Waals surface area contributed by atoms with E-state index in [9.17, 15) is 9.35 Å². The van der Waals surface area contributed by atoms with Crippen LogP contribution in [0.3, 0.4) is 0 Å². The Morgan fingerprint density at radius 1 is 1.31 bits per heavy atom. The Kier molecular flexibility index (Phi) is 7.27. The monoisotopic (exact) mass is 396 g/mol. The summed E-state index contributed by atoms with van der Waals surface area (Å²) in [7, 11) is 0. The molecule has 4 atom stereocenters. The number of benzene rings is 1. The summed E-state index contributed by atoms with van der Waals surface area (Å²) in [5.74, 6) is 0.838. The van der Waals surface area contributed by atoms with Gasteiger partial charge in [-0.3, -0.25) is 4.79 Å². The number of carbonyl (C=O) groups excluding carboxylic acids is 1. The van der Waals surface area contributed by atoms with Gasteiger partial charge in [-0.15, -0.1) is 0 Å². The normalized spacial score (nSPS) is 26.3. The van der Waals surface area contributed by atoms with E-state index in [4.69, 9.17) is 11.6 Å². The molecule has 26 heavy (non-hydrogen) atoms. The first-order valence-corrected chi connectivity index (χ1v) is 11.4. The molecule has 1 aromatic rings. The van der Waals surface area contributed by atoms with Crippen molar-refractivity contribution < 1.29 is 9.35 Å². The number of nitrogens with one attached hydrogen (secondary N) is 1. The van der Waals surface area contributed by atoms with Gasteiger partial charge in [-0.05, 0) is 73.9 Å². The van der Waals surface area contributed by atoms with E-state index in [1.54, 1.807) is 0 Å². The van der Waals surface area contributed by atoms with Gasteiger partial charge in [0.15, 0.2) is 5.75 Å². The Morgan fingerprint density at radius 3 is 2.69 bits per heavy atom. The van der Waals surface area contributed by atoms with Crippen LogP contribution in [0.25, 0.3) is 0 Å². The molecule has 144 valence electrons. The minimum atomic E-state index is -1.15. The molecule has 2 aliphatic rings. The predicted molar refractivity (Wildman–Crippen MR) is 108 cm³/mol. The Labute approximate surface area is 164 Å². The minimum absolute atomic E-state index is 0.0165. The van der Waals surface area contributed by atoms with Crippen molar-refractivity contribution in [1.29, 1.82) is 0 Å². The third-order valence-electron chi connectivity index (χ3n) is 5.82. The molecule has 0 spiro atoms. The van der Waals surface area contributed by atoms with Crippen molar-refractivity contribution in [2.75, 3.05) is 31.9 Å². The Hall–Kier alpha value is -0.750. The van der Waals surface area contributed by atoms with E-state index in [0.717, 1.165) is 50.5 Å². The fourth-order valence-corrected chi connectivity index (χ4v) is 5.67.